The van der Waals surface area contributed by atoms with Gasteiger partial charge >= 0.3 is 0 Å². The number of ether oxygens (including phenoxy) is 1. The summed E-state index contributed by atoms with van der Waals surface area (Å²) in [6.45, 7) is 3.69. The molecule has 2 N–H and O–H groups in total. The maximum absolute atomic E-state index is 12.8. The van der Waals surface area contributed by atoms with Crippen LogP contribution in [0.2, 0.25) is 5.02 Å². The lowest BCUT2D eigenvalue weighted by molar-refractivity contribution is -0.117. The first-order valence-corrected chi connectivity index (χ1v) is 11.5. The smallest absolute Gasteiger partial charge is 0.238 e. The molecule has 2 fully saturated rings. The fourth-order valence-electron chi connectivity index (χ4n) is 5.26. The summed E-state index contributed by atoms with van der Waals surface area (Å²) in [6.07, 6.45) is 3.51. The lowest BCUT2D eigenvalue weighted by Crippen LogP contribution is -2.33. The maximum atomic E-state index is 12.8. The lowest BCUT2D eigenvalue weighted by Gasteiger charge is -2.21. The van der Waals surface area contributed by atoms with Gasteiger partial charge in [-0.05, 0) is 66.8 Å². The van der Waals surface area contributed by atoms with Crippen LogP contribution >= 0.6 is 11.6 Å². The number of anilines is 2. The molecular weight excluding hydrogens is 426 g/mol. The molecule has 3 atom stereocenters. The highest BCUT2D eigenvalue weighted by Gasteiger charge is 2.42. The molecule has 1 aliphatic heterocycles. The Labute approximate surface area is 194 Å². The van der Waals surface area contributed by atoms with Crippen molar-refractivity contribution in [1.29, 1.82) is 0 Å². The van der Waals surface area contributed by atoms with Crippen LogP contribution in [-0.4, -0.2) is 43.5 Å². The third kappa shape index (κ3) is 5.43. The van der Waals surface area contributed by atoms with E-state index < -0.39 is 0 Å². The normalized spacial score (nSPS) is 22.4. The fourth-order valence-corrected chi connectivity index (χ4v) is 5.48. The minimum absolute atomic E-state index is 0.0868. The van der Waals surface area contributed by atoms with E-state index in [0.29, 0.717) is 41.4 Å². The van der Waals surface area contributed by atoms with E-state index in [4.69, 9.17) is 16.3 Å². The van der Waals surface area contributed by atoms with Crippen molar-refractivity contribution < 1.29 is 14.3 Å². The second kappa shape index (κ2) is 9.92. The number of rotatable bonds is 7. The highest BCUT2D eigenvalue weighted by atomic mass is 35.5. The van der Waals surface area contributed by atoms with Gasteiger partial charge in [0.25, 0.3) is 0 Å². The number of methoxy groups -OCH3 is 1. The van der Waals surface area contributed by atoms with E-state index in [9.17, 15) is 9.59 Å². The minimum Gasteiger partial charge on any atom is -0.497 e. The number of likely N-dealkylation sites (tertiary alicyclic amines) is 1. The first-order valence-electron chi connectivity index (χ1n) is 11.1. The Bertz CT molecular complexity index is 996. The molecule has 0 bridgehead atoms. The van der Waals surface area contributed by atoms with E-state index >= 15 is 0 Å². The minimum atomic E-state index is -0.191. The van der Waals surface area contributed by atoms with Crippen molar-refractivity contribution in [2.75, 3.05) is 37.4 Å². The van der Waals surface area contributed by atoms with Gasteiger partial charge < -0.3 is 15.4 Å². The number of amides is 2. The Balaban J connectivity index is 1.36. The van der Waals surface area contributed by atoms with E-state index in [0.717, 1.165) is 24.5 Å². The van der Waals surface area contributed by atoms with Crippen LogP contribution in [0.3, 0.4) is 0 Å². The van der Waals surface area contributed by atoms with E-state index in [-0.39, 0.29) is 11.8 Å². The molecule has 0 unspecified atom stereocenters. The fraction of sp³-hybridized carbons (Fsp3) is 0.440. The van der Waals surface area contributed by atoms with Crippen LogP contribution in [0.25, 0.3) is 0 Å². The highest BCUT2D eigenvalue weighted by Crippen LogP contribution is 2.43. The first kappa shape index (κ1) is 22.6. The van der Waals surface area contributed by atoms with E-state index in [2.05, 4.69) is 27.7 Å². The molecule has 7 heteroatoms. The molecule has 2 aliphatic rings. The average molecular weight is 456 g/mol. The number of nitrogens with one attached hydrogen (secondary N) is 2. The molecule has 2 amide bonds. The zero-order valence-electron chi connectivity index (χ0n) is 18.6. The van der Waals surface area contributed by atoms with Gasteiger partial charge in [-0.3, -0.25) is 14.5 Å². The summed E-state index contributed by atoms with van der Waals surface area (Å²) in [6, 6.07) is 13.4. The van der Waals surface area contributed by atoms with Crippen LogP contribution in [0, 0.1) is 17.8 Å². The van der Waals surface area contributed by atoms with Crippen molar-refractivity contribution in [1.82, 2.24) is 4.90 Å². The predicted octanol–water partition coefficient (Wildman–Crippen LogP) is 4.45. The third-order valence-electron chi connectivity index (χ3n) is 6.65. The Hall–Kier alpha value is -2.57. The van der Waals surface area contributed by atoms with Gasteiger partial charge in [-0.1, -0.05) is 23.7 Å². The van der Waals surface area contributed by atoms with E-state index in [1.807, 2.05) is 12.1 Å². The molecule has 4 rings (SSSR count). The van der Waals surface area contributed by atoms with Crippen LogP contribution in [-0.2, 0) is 16.0 Å². The maximum Gasteiger partial charge on any atom is 0.238 e. The molecule has 0 spiro atoms. The molecule has 0 radical (unpaired) electrons. The average Bonchev–Trinajstić information content (AvgIpc) is 3.30. The van der Waals surface area contributed by atoms with Crippen LogP contribution < -0.4 is 15.4 Å². The Morgan fingerprint density at radius 3 is 2.69 bits per heavy atom. The molecule has 6 nitrogen and oxygen atoms in total. The molecule has 0 aromatic heterocycles. The van der Waals surface area contributed by atoms with Gasteiger partial charge in [0.1, 0.15) is 5.75 Å². The number of halogens is 1. The SMILES string of the molecule is COc1ccc(NC(C)=O)c(NC(=O)CN2C[C@H]3CC[C@H](Cc4cccc(Cl)c4)[C@H]3C2)c1. The summed E-state index contributed by atoms with van der Waals surface area (Å²) in [7, 11) is 1.57. The van der Waals surface area contributed by atoms with Crippen molar-refractivity contribution in [2.45, 2.75) is 26.2 Å². The quantitative estimate of drug-likeness (QED) is 0.647. The standard InChI is InChI=1S/C25H30ClN3O3/c1-16(30)27-23-9-8-21(32-2)12-24(23)28-25(31)15-29-13-19-7-6-18(22(19)14-29)10-17-4-3-5-20(26)11-17/h3-5,8-9,11-12,18-19,22H,6-7,10,13-15H2,1-2H3,(H,27,30)(H,28,31)/t18-,19-,22-/m1/s1. The van der Waals surface area contributed by atoms with Gasteiger partial charge in [0.05, 0.1) is 25.0 Å². The number of benzene rings is 2. The van der Waals surface area contributed by atoms with Crippen molar-refractivity contribution in [3.05, 3.63) is 53.1 Å². The largest absolute Gasteiger partial charge is 0.497 e. The van der Waals surface area contributed by atoms with Gasteiger partial charge in [-0.15, -0.1) is 0 Å². The number of nitrogens with zero attached hydrogens (tertiary/aromatic N) is 1. The van der Waals surface area contributed by atoms with Gasteiger partial charge in [0.2, 0.25) is 11.8 Å². The molecule has 1 heterocycles. The van der Waals surface area contributed by atoms with Gasteiger partial charge in [-0.2, -0.15) is 0 Å². The zero-order valence-corrected chi connectivity index (χ0v) is 19.3. The molecule has 1 saturated carbocycles. The van der Waals surface area contributed by atoms with Gasteiger partial charge in [0.15, 0.2) is 0 Å². The van der Waals surface area contributed by atoms with Crippen molar-refractivity contribution in [2.24, 2.45) is 17.8 Å². The number of carbonyl (C=O) groups is 2. The summed E-state index contributed by atoms with van der Waals surface area (Å²) in [4.78, 5) is 26.6. The molecule has 170 valence electrons. The third-order valence-corrected chi connectivity index (χ3v) is 6.88. The molecular formula is C25H30ClN3O3. The summed E-state index contributed by atoms with van der Waals surface area (Å²) >= 11 is 6.16. The number of hydrogen-bond donors (Lipinski definition) is 2. The number of hydrogen-bond acceptors (Lipinski definition) is 4. The highest BCUT2D eigenvalue weighted by molar-refractivity contribution is 6.30. The second-order valence-corrected chi connectivity index (χ2v) is 9.37. The Morgan fingerprint density at radius 1 is 1.09 bits per heavy atom. The Morgan fingerprint density at radius 2 is 1.94 bits per heavy atom. The van der Waals surface area contributed by atoms with Crippen molar-refractivity contribution >= 4 is 34.8 Å². The lowest BCUT2D eigenvalue weighted by atomic mass is 9.87. The topological polar surface area (TPSA) is 70.7 Å². The van der Waals surface area contributed by atoms with Gasteiger partial charge in [-0.25, -0.2) is 0 Å². The number of carbonyl (C=O) groups excluding carboxylic acids is 2. The van der Waals surface area contributed by atoms with Crippen LogP contribution in [0.1, 0.15) is 25.3 Å². The Kier molecular flexibility index (Phi) is 7.01. The molecule has 32 heavy (non-hydrogen) atoms. The van der Waals surface area contributed by atoms with Crippen molar-refractivity contribution in [3.8, 4) is 5.75 Å². The predicted molar refractivity (Wildman–Crippen MR) is 127 cm³/mol. The molecule has 2 aromatic carbocycles. The molecule has 2 aromatic rings. The van der Waals surface area contributed by atoms with Crippen LogP contribution in [0.15, 0.2) is 42.5 Å². The first-order chi connectivity index (χ1) is 15.4. The monoisotopic (exact) mass is 455 g/mol. The van der Waals surface area contributed by atoms with Crippen LogP contribution in [0.5, 0.6) is 5.75 Å². The summed E-state index contributed by atoms with van der Waals surface area (Å²) in [5.74, 6) is 2.25. The van der Waals surface area contributed by atoms with E-state index in [1.165, 1.54) is 25.3 Å². The summed E-state index contributed by atoms with van der Waals surface area (Å²) in [5.41, 5.74) is 2.40. The molecule has 1 aliphatic carbocycles. The van der Waals surface area contributed by atoms with Crippen molar-refractivity contribution in [3.63, 3.8) is 0 Å². The summed E-state index contributed by atoms with van der Waals surface area (Å²) < 4.78 is 5.27. The van der Waals surface area contributed by atoms with Gasteiger partial charge in [0, 0.05) is 31.1 Å². The summed E-state index contributed by atoms with van der Waals surface area (Å²) in [5, 5.41) is 6.50. The number of fused-ring (bicyclic) bond motifs is 1. The second-order valence-electron chi connectivity index (χ2n) is 8.93. The van der Waals surface area contributed by atoms with Crippen LogP contribution in [0.4, 0.5) is 11.4 Å². The zero-order chi connectivity index (χ0) is 22.7. The van der Waals surface area contributed by atoms with E-state index in [1.54, 1.807) is 25.3 Å². The molecule has 1 saturated heterocycles.